The maximum Gasteiger partial charge on any atom is 0.279 e. The van der Waals surface area contributed by atoms with Crippen LogP contribution in [0, 0.1) is 6.92 Å². The van der Waals surface area contributed by atoms with Gasteiger partial charge in [-0.05, 0) is 25.1 Å². The number of para-hydroxylation sites is 1. The number of aromatic amines is 1. The fourth-order valence-corrected chi connectivity index (χ4v) is 3.64. The number of amides is 1. The normalized spacial score (nSPS) is 12.3. The number of nitrogens with one attached hydrogen (secondary N) is 1. The second-order valence-electron chi connectivity index (χ2n) is 6.04. The first-order chi connectivity index (χ1) is 12.8. The van der Waals surface area contributed by atoms with Gasteiger partial charge in [-0.2, -0.15) is 4.31 Å². The maximum absolute atomic E-state index is 12.5. The molecule has 8 nitrogen and oxygen atoms in total. The van der Waals surface area contributed by atoms with E-state index >= 15 is 0 Å². The molecule has 0 atom stereocenters. The Morgan fingerprint density at radius 3 is 2.52 bits per heavy atom. The van der Waals surface area contributed by atoms with Crippen LogP contribution in [0.1, 0.15) is 5.56 Å². The van der Waals surface area contributed by atoms with Gasteiger partial charge in [0.2, 0.25) is 15.9 Å². The fraction of sp³-hybridized carbons (Fsp3) is 0.167. The molecule has 0 aliphatic rings. The van der Waals surface area contributed by atoms with Crippen molar-refractivity contribution in [2.75, 3.05) is 13.6 Å². The van der Waals surface area contributed by atoms with Crippen LogP contribution in [-0.2, 0) is 14.8 Å². The van der Waals surface area contributed by atoms with Gasteiger partial charge in [0.15, 0.2) is 5.69 Å². The standard InChI is InChI=1S/C18H18N4O4S/c1-12-7-9-13(10-8-12)27(25,26)22(2)11-16(23)20-21-17-14-5-3-4-6-15(14)19-18(17)24/h3-10,19,24H,11H2,1-2H3. The molecule has 0 saturated carbocycles. The number of aromatic hydroxyl groups is 1. The number of carbonyl (C=O) groups is 1. The second kappa shape index (κ2) is 7.29. The van der Waals surface area contributed by atoms with E-state index < -0.39 is 22.5 Å². The number of benzene rings is 2. The van der Waals surface area contributed by atoms with E-state index in [2.05, 4.69) is 15.2 Å². The molecule has 0 spiro atoms. The van der Waals surface area contributed by atoms with E-state index in [1.807, 2.05) is 6.92 Å². The van der Waals surface area contributed by atoms with Crippen molar-refractivity contribution < 1.29 is 18.3 Å². The minimum atomic E-state index is -3.81. The largest absolute Gasteiger partial charge is 0.493 e. The molecule has 0 radical (unpaired) electrons. The average molecular weight is 386 g/mol. The molecule has 1 aromatic heterocycles. The van der Waals surface area contributed by atoms with Crippen LogP contribution in [0.3, 0.4) is 0 Å². The first-order valence-corrected chi connectivity index (χ1v) is 9.50. The van der Waals surface area contributed by atoms with Gasteiger partial charge in [-0.15, -0.1) is 10.2 Å². The molecule has 1 heterocycles. The topological polar surface area (TPSA) is 115 Å². The molecule has 0 bridgehead atoms. The summed E-state index contributed by atoms with van der Waals surface area (Å²) in [6, 6.07) is 13.3. The zero-order valence-corrected chi connectivity index (χ0v) is 15.6. The Balaban J connectivity index is 1.75. The molecule has 0 fully saturated rings. The predicted molar refractivity (Wildman–Crippen MR) is 100 cm³/mol. The molecule has 3 rings (SSSR count). The van der Waals surface area contributed by atoms with E-state index in [1.165, 1.54) is 19.2 Å². The predicted octanol–water partition coefficient (Wildman–Crippen LogP) is 3.11. The highest BCUT2D eigenvalue weighted by molar-refractivity contribution is 7.89. The minimum Gasteiger partial charge on any atom is -0.493 e. The number of azo groups is 1. The van der Waals surface area contributed by atoms with Crippen molar-refractivity contribution in [3.05, 3.63) is 54.1 Å². The molecule has 9 heteroatoms. The number of hydrogen-bond donors (Lipinski definition) is 2. The molecule has 2 N–H and O–H groups in total. The summed E-state index contributed by atoms with van der Waals surface area (Å²) in [4.78, 5) is 14.9. The highest BCUT2D eigenvalue weighted by Crippen LogP contribution is 2.35. The van der Waals surface area contributed by atoms with Crippen molar-refractivity contribution in [3.8, 4) is 5.88 Å². The number of rotatable bonds is 5. The molecule has 27 heavy (non-hydrogen) atoms. The van der Waals surface area contributed by atoms with Crippen LogP contribution >= 0.6 is 0 Å². The van der Waals surface area contributed by atoms with E-state index in [0.717, 1.165) is 9.87 Å². The quantitative estimate of drug-likeness (QED) is 0.656. The molecule has 0 unspecified atom stereocenters. The van der Waals surface area contributed by atoms with Crippen molar-refractivity contribution in [2.24, 2.45) is 10.2 Å². The highest BCUT2D eigenvalue weighted by Gasteiger charge is 2.23. The zero-order valence-electron chi connectivity index (χ0n) is 14.7. The zero-order chi connectivity index (χ0) is 19.6. The third-order valence-corrected chi connectivity index (χ3v) is 5.83. The lowest BCUT2D eigenvalue weighted by molar-refractivity contribution is -0.118. The number of H-pyrrole nitrogens is 1. The molecule has 3 aromatic rings. The van der Waals surface area contributed by atoms with Crippen LogP contribution in [0.4, 0.5) is 5.69 Å². The second-order valence-corrected chi connectivity index (χ2v) is 8.08. The number of carbonyl (C=O) groups excluding carboxylic acids is 1. The SMILES string of the molecule is Cc1ccc(S(=O)(=O)N(C)CC(=O)N=Nc2c(O)[nH]c3ccccc23)cc1. The van der Waals surface area contributed by atoms with Crippen molar-refractivity contribution in [1.29, 1.82) is 0 Å². The van der Waals surface area contributed by atoms with Gasteiger partial charge in [0.05, 0.1) is 17.0 Å². The Kier molecular flexibility index (Phi) is 5.06. The summed E-state index contributed by atoms with van der Waals surface area (Å²) >= 11 is 0. The summed E-state index contributed by atoms with van der Waals surface area (Å²) in [6.07, 6.45) is 0. The highest BCUT2D eigenvalue weighted by atomic mass is 32.2. The summed E-state index contributed by atoms with van der Waals surface area (Å²) in [7, 11) is -2.51. The molecule has 1 amide bonds. The Labute approximate surface area is 156 Å². The van der Waals surface area contributed by atoms with Gasteiger partial charge in [-0.25, -0.2) is 8.42 Å². The Morgan fingerprint density at radius 2 is 1.81 bits per heavy atom. The number of aromatic nitrogens is 1. The number of sulfonamides is 1. The van der Waals surface area contributed by atoms with Gasteiger partial charge < -0.3 is 10.1 Å². The van der Waals surface area contributed by atoms with Crippen LogP contribution in [-0.4, -0.2) is 42.3 Å². The minimum absolute atomic E-state index is 0.0922. The Hall–Kier alpha value is -3.04. The lowest BCUT2D eigenvalue weighted by atomic mass is 10.2. The summed E-state index contributed by atoms with van der Waals surface area (Å²) in [6.45, 7) is 1.38. The first-order valence-electron chi connectivity index (χ1n) is 8.06. The Bertz CT molecular complexity index is 1120. The smallest absolute Gasteiger partial charge is 0.279 e. The van der Waals surface area contributed by atoms with E-state index in [-0.39, 0.29) is 16.5 Å². The number of likely N-dealkylation sites (N-methyl/N-ethyl adjacent to an activating group) is 1. The third kappa shape index (κ3) is 3.88. The van der Waals surface area contributed by atoms with E-state index in [9.17, 15) is 18.3 Å². The Morgan fingerprint density at radius 1 is 1.15 bits per heavy atom. The maximum atomic E-state index is 12.5. The number of hydrogen-bond acceptors (Lipinski definition) is 5. The van der Waals surface area contributed by atoms with Crippen LogP contribution in [0.15, 0.2) is 63.7 Å². The molecule has 0 saturated heterocycles. The van der Waals surface area contributed by atoms with E-state index in [4.69, 9.17) is 0 Å². The fourth-order valence-electron chi connectivity index (χ4n) is 2.52. The number of nitrogens with zero attached hydrogens (tertiary/aromatic N) is 3. The monoisotopic (exact) mass is 386 g/mol. The van der Waals surface area contributed by atoms with Crippen LogP contribution in [0.2, 0.25) is 0 Å². The van der Waals surface area contributed by atoms with Gasteiger partial charge in [-0.1, -0.05) is 35.9 Å². The molecular formula is C18H18N4O4S. The number of aryl methyl sites for hydroxylation is 1. The molecule has 2 aromatic carbocycles. The van der Waals surface area contributed by atoms with Crippen LogP contribution in [0.5, 0.6) is 5.88 Å². The van der Waals surface area contributed by atoms with Gasteiger partial charge >= 0.3 is 0 Å². The van der Waals surface area contributed by atoms with Crippen molar-refractivity contribution in [2.45, 2.75) is 11.8 Å². The van der Waals surface area contributed by atoms with Crippen LogP contribution in [0.25, 0.3) is 10.9 Å². The van der Waals surface area contributed by atoms with Gasteiger partial charge in [0, 0.05) is 12.4 Å². The summed E-state index contributed by atoms with van der Waals surface area (Å²) < 4.78 is 25.9. The summed E-state index contributed by atoms with van der Waals surface area (Å²) in [5.41, 5.74) is 1.71. The molecule has 0 aliphatic heterocycles. The summed E-state index contributed by atoms with van der Waals surface area (Å²) in [5.74, 6) is -0.966. The van der Waals surface area contributed by atoms with Crippen LogP contribution < -0.4 is 0 Å². The van der Waals surface area contributed by atoms with E-state index in [1.54, 1.807) is 36.4 Å². The van der Waals surface area contributed by atoms with Crippen molar-refractivity contribution in [1.82, 2.24) is 9.29 Å². The number of fused-ring (bicyclic) bond motifs is 1. The van der Waals surface area contributed by atoms with Gasteiger partial charge in [0.1, 0.15) is 0 Å². The first kappa shape index (κ1) is 18.7. The molecule has 0 aliphatic carbocycles. The lowest BCUT2D eigenvalue weighted by Crippen LogP contribution is -2.31. The van der Waals surface area contributed by atoms with Crippen molar-refractivity contribution >= 4 is 32.5 Å². The average Bonchev–Trinajstić information content (AvgIpc) is 2.95. The van der Waals surface area contributed by atoms with Crippen molar-refractivity contribution in [3.63, 3.8) is 0 Å². The van der Waals surface area contributed by atoms with E-state index in [0.29, 0.717) is 10.9 Å². The van der Waals surface area contributed by atoms with Gasteiger partial charge in [0.25, 0.3) is 5.91 Å². The lowest BCUT2D eigenvalue weighted by Gasteiger charge is -2.15. The summed E-state index contributed by atoms with van der Waals surface area (Å²) in [5, 5.41) is 17.8. The third-order valence-electron chi connectivity index (χ3n) is 4.01. The molecular weight excluding hydrogens is 368 g/mol. The molecule has 140 valence electrons. The van der Waals surface area contributed by atoms with Gasteiger partial charge in [-0.3, -0.25) is 4.79 Å².